The molecule has 1 N–H and O–H groups in total. The van der Waals surface area contributed by atoms with Crippen LogP contribution in [0.4, 0.5) is 8.78 Å². The third-order valence-electron chi connectivity index (χ3n) is 2.83. The van der Waals surface area contributed by atoms with E-state index in [2.05, 4.69) is 24.3 Å². The van der Waals surface area contributed by atoms with Crippen molar-refractivity contribution in [1.29, 1.82) is 0 Å². The van der Waals surface area contributed by atoms with Crippen LogP contribution in [0.2, 0.25) is 0 Å². The van der Waals surface area contributed by atoms with E-state index in [9.17, 15) is 8.78 Å². The molecular formula is C14H17F2N3. The average molecular weight is 265 g/mol. The zero-order chi connectivity index (χ0) is 13.8. The van der Waals surface area contributed by atoms with Crippen molar-refractivity contribution in [3.05, 3.63) is 53.4 Å². The van der Waals surface area contributed by atoms with E-state index < -0.39 is 11.6 Å². The van der Waals surface area contributed by atoms with E-state index in [1.54, 1.807) is 0 Å². The van der Waals surface area contributed by atoms with Gasteiger partial charge in [0.15, 0.2) is 0 Å². The number of aromatic nitrogens is 2. The lowest BCUT2D eigenvalue weighted by molar-refractivity contribution is 0.519. The maximum Gasteiger partial charge on any atom is 0.130 e. The molecule has 102 valence electrons. The largest absolute Gasteiger partial charge is 0.307 e. The number of hydrogen-bond acceptors (Lipinski definition) is 2. The maximum atomic E-state index is 13.4. The lowest BCUT2D eigenvalue weighted by atomic mass is 10.2. The van der Waals surface area contributed by atoms with Crippen molar-refractivity contribution in [2.24, 2.45) is 0 Å². The van der Waals surface area contributed by atoms with Gasteiger partial charge in [-0.15, -0.1) is 0 Å². The Morgan fingerprint density at radius 2 is 2.00 bits per heavy atom. The second-order valence-electron chi connectivity index (χ2n) is 4.72. The summed E-state index contributed by atoms with van der Waals surface area (Å²) in [6.45, 7) is 5.01. The lowest BCUT2D eigenvalue weighted by Crippen LogP contribution is -2.14. The molecule has 0 saturated heterocycles. The molecule has 0 aliphatic carbocycles. The van der Waals surface area contributed by atoms with E-state index in [1.807, 2.05) is 16.9 Å². The fraction of sp³-hybridized carbons (Fsp3) is 0.357. The second-order valence-corrected chi connectivity index (χ2v) is 4.72. The van der Waals surface area contributed by atoms with Crippen LogP contribution in [-0.4, -0.2) is 9.78 Å². The fourth-order valence-electron chi connectivity index (χ4n) is 1.75. The fourth-order valence-corrected chi connectivity index (χ4v) is 1.75. The smallest absolute Gasteiger partial charge is 0.130 e. The summed E-state index contributed by atoms with van der Waals surface area (Å²) in [5.41, 5.74) is 1.35. The van der Waals surface area contributed by atoms with Crippen LogP contribution in [0.5, 0.6) is 0 Å². The van der Waals surface area contributed by atoms with Crippen molar-refractivity contribution in [1.82, 2.24) is 15.1 Å². The summed E-state index contributed by atoms with van der Waals surface area (Å²) in [5.74, 6) is -1.09. The molecule has 19 heavy (non-hydrogen) atoms. The Hall–Kier alpha value is -1.75. The highest BCUT2D eigenvalue weighted by Crippen LogP contribution is 2.09. The summed E-state index contributed by atoms with van der Waals surface area (Å²) in [6.07, 6.45) is 1.92. The number of nitrogens with one attached hydrogen (secondary N) is 1. The van der Waals surface area contributed by atoms with E-state index in [0.29, 0.717) is 24.7 Å². The normalized spacial score (nSPS) is 11.2. The summed E-state index contributed by atoms with van der Waals surface area (Å²) in [5, 5.41) is 7.47. The van der Waals surface area contributed by atoms with Gasteiger partial charge in [0.1, 0.15) is 11.6 Å². The molecule has 2 rings (SSSR count). The Balaban J connectivity index is 1.89. The molecule has 1 aromatic carbocycles. The van der Waals surface area contributed by atoms with Gasteiger partial charge in [0.2, 0.25) is 0 Å². The Bertz CT molecular complexity index is 549. The lowest BCUT2D eigenvalue weighted by Gasteiger charge is -2.06. The predicted octanol–water partition coefficient (Wildman–Crippen LogP) is 3.03. The van der Waals surface area contributed by atoms with Gasteiger partial charge in [-0.1, -0.05) is 6.07 Å². The first-order chi connectivity index (χ1) is 9.06. The maximum absolute atomic E-state index is 13.4. The Morgan fingerprint density at radius 1 is 1.21 bits per heavy atom. The quantitative estimate of drug-likeness (QED) is 0.900. The molecule has 0 atom stereocenters. The number of rotatable bonds is 5. The van der Waals surface area contributed by atoms with Gasteiger partial charge in [-0.25, -0.2) is 8.78 Å². The molecule has 2 aromatic rings. The molecule has 1 aromatic heterocycles. The first-order valence-corrected chi connectivity index (χ1v) is 6.25. The van der Waals surface area contributed by atoms with Crippen molar-refractivity contribution in [2.45, 2.75) is 33.0 Å². The van der Waals surface area contributed by atoms with Crippen LogP contribution in [0, 0.1) is 11.6 Å². The molecule has 0 amide bonds. The molecule has 0 aliphatic heterocycles. The first-order valence-electron chi connectivity index (χ1n) is 6.25. The zero-order valence-corrected chi connectivity index (χ0v) is 11.0. The average Bonchev–Trinajstić information content (AvgIpc) is 2.81. The van der Waals surface area contributed by atoms with Gasteiger partial charge in [-0.3, -0.25) is 4.68 Å². The van der Waals surface area contributed by atoms with Crippen molar-refractivity contribution in [2.75, 3.05) is 0 Å². The minimum absolute atomic E-state index is 0.322. The van der Waals surface area contributed by atoms with Crippen molar-refractivity contribution in [3.8, 4) is 0 Å². The molecule has 0 spiro atoms. The van der Waals surface area contributed by atoms with E-state index in [1.165, 1.54) is 12.1 Å². The van der Waals surface area contributed by atoms with E-state index in [4.69, 9.17) is 0 Å². The SMILES string of the molecule is CC(C)n1ccc(CNCc2ccc(F)cc2F)n1. The standard InChI is InChI=1S/C14H17F2N3/c1-10(2)19-6-5-13(18-19)9-17-8-11-3-4-12(15)7-14(11)16/h3-7,10,17H,8-9H2,1-2H3. The molecule has 5 heteroatoms. The molecule has 0 unspecified atom stereocenters. The van der Waals surface area contributed by atoms with Gasteiger partial charge in [-0.05, 0) is 26.0 Å². The van der Waals surface area contributed by atoms with Crippen molar-refractivity contribution in [3.63, 3.8) is 0 Å². The molecule has 3 nitrogen and oxygen atoms in total. The molecular weight excluding hydrogens is 248 g/mol. The zero-order valence-electron chi connectivity index (χ0n) is 11.0. The van der Waals surface area contributed by atoms with Crippen LogP contribution in [0.3, 0.4) is 0 Å². The van der Waals surface area contributed by atoms with Gasteiger partial charge in [-0.2, -0.15) is 5.10 Å². The number of halogens is 2. The van der Waals surface area contributed by atoms with E-state index in [-0.39, 0.29) is 0 Å². The highest BCUT2D eigenvalue weighted by molar-refractivity contribution is 5.18. The van der Waals surface area contributed by atoms with Gasteiger partial charge in [0, 0.05) is 37.0 Å². The molecule has 0 aliphatic rings. The van der Waals surface area contributed by atoms with Crippen LogP contribution >= 0.6 is 0 Å². The van der Waals surface area contributed by atoms with Crippen LogP contribution < -0.4 is 5.32 Å². The summed E-state index contributed by atoms with van der Waals surface area (Å²) in [4.78, 5) is 0. The third kappa shape index (κ3) is 3.61. The van der Waals surface area contributed by atoms with Crippen molar-refractivity contribution < 1.29 is 8.78 Å². The predicted molar refractivity (Wildman–Crippen MR) is 69.5 cm³/mol. The summed E-state index contributed by atoms with van der Waals surface area (Å²) >= 11 is 0. The third-order valence-corrected chi connectivity index (χ3v) is 2.83. The molecule has 0 bridgehead atoms. The minimum Gasteiger partial charge on any atom is -0.307 e. The van der Waals surface area contributed by atoms with Crippen LogP contribution in [0.15, 0.2) is 30.5 Å². The summed E-state index contributed by atoms with van der Waals surface area (Å²) < 4.78 is 28.0. The minimum atomic E-state index is -0.558. The summed E-state index contributed by atoms with van der Waals surface area (Å²) in [7, 11) is 0. The molecule has 0 fully saturated rings. The monoisotopic (exact) mass is 265 g/mol. The van der Waals surface area contributed by atoms with Crippen LogP contribution in [0.1, 0.15) is 31.1 Å². The van der Waals surface area contributed by atoms with Crippen molar-refractivity contribution >= 4 is 0 Å². The number of hydrogen-bond donors (Lipinski definition) is 1. The topological polar surface area (TPSA) is 29.9 Å². The molecule has 0 radical (unpaired) electrons. The number of nitrogens with zero attached hydrogens (tertiary/aromatic N) is 2. The summed E-state index contributed by atoms with van der Waals surface area (Å²) in [6, 6.07) is 5.85. The highest BCUT2D eigenvalue weighted by atomic mass is 19.1. The molecule has 0 saturated carbocycles. The Kier molecular flexibility index (Phi) is 4.27. The van der Waals surface area contributed by atoms with Crippen LogP contribution in [-0.2, 0) is 13.1 Å². The molecule has 1 heterocycles. The van der Waals surface area contributed by atoms with Gasteiger partial charge < -0.3 is 5.32 Å². The van der Waals surface area contributed by atoms with E-state index in [0.717, 1.165) is 11.8 Å². The Morgan fingerprint density at radius 3 is 2.63 bits per heavy atom. The first kappa shape index (κ1) is 13.7. The van der Waals surface area contributed by atoms with Gasteiger partial charge >= 0.3 is 0 Å². The van der Waals surface area contributed by atoms with E-state index >= 15 is 0 Å². The second kappa shape index (κ2) is 5.93. The highest BCUT2D eigenvalue weighted by Gasteiger charge is 2.05. The van der Waals surface area contributed by atoms with Gasteiger partial charge in [0.05, 0.1) is 5.69 Å². The number of benzene rings is 1. The Labute approximate surface area is 111 Å². The van der Waals surface area contributed by atoms with Crippen LogP contribution in [0.25, 0.3) is 0 Å². The van der Waals surface area contributed by atoms with Gasteiger partial charge in [0.25, 0.3) is 0 Å².